The summed E-state index contributed by atoms with van der Waals surface area (Å²) in [5.74, 6) is 1.15. The maximum absolute atomic E-state index is 13.3. The average molecular weight is 538 g/mol. The van der Waals surface area contributed by atoms with Gasteiger partial charge < -0.3 is 20.3 Å². The zero-order chi connectivity index (χ0) is 23.6. The molecule has 1 atom stereocenters. The molecule has 2 heterocycles. The summed E-state index contributed by atoms with van der Waals surface area (Å²) in [7, 11) is 0. The van der Waals surface area contributed by atoms with Gasteiger partial charge in [-0.2, -0.15) is 0 Å². The van der Waals surface area contributed by atoms with Gasteiger partial charge in [-0.05, 0) is 37.4 Å². The topological polar surface area (TPSA) is 73.9 Å². The van der Waals surface area contributed by atoms with E-state index in [1.807, 2.05) is 41.3 Å². The predicted octanol–water partition coefficient (Wildman–Crippen LogP) is 3.57. The van der Waals surface area contributed by atoms with Crippen LogP contribution in [0.4, 0.5) is 0 Å². The minimum absolute atomic E-state index is 0. The van der Waals surface area contributed by atoms with Gasteiger partial charge in [-0.15, -0.1) is 24.8 Å². The van der Waals surface area contributed by atoms with Crippen molar-refractivity contribution in [2.24, 2.45) is 0 Å². The third kappa shape index (κ3) is 8.96. The summed E-state index contributed by atoms with van der Waals surface area (Å²) in [5.41, 5.74) is 2.24. The van der Waals surface area contributed by atoms with Gasteiger partial charge in [0, 0.05) is 50.7 Å². The van der Waals surface area contributed by atoms with Crippen LogP contribution in [-0.4, -0.2) is 67.5 Å². The Morgan fingerprint density at radius 3 is 2.50 bits per heavy atom. The Labute approximate surface area is 226 Å². The second-order valence-corrected chi connectivity index (χ2v) is 9.08. The van der Waals surface area contributed by atoms with Crippen LogP contribution in [0.3, 0.4) is 0 Å². The number of halogens is 2. The van der Waals surface area contributed by atoms with E-state index in [-0.39, 0.29) is 42.7 Å². The zero-order valence-corrected chi connectivity index (χ0v) is 22.3. The zero-order valence-electron chi connectivity index (χ0n) is 20.7. The number of carbonyl (C=O) groups excluding carboxylic acids is 2. The normalized spacial score (nSPS) is 19.8. The standard InChI is InChI=1S/C27H36N4O3.2ClH/c32-26-19-24(22-9-2-1-3-10-22)28-14-8-16-31(15-7-6-13-29-26)27(33)21-30-17-18-34-25-12-5-4-11-23(25)20-30;;/h1-5,9-12,24,28H,6-8,13-21H2,(H,29,32);2*1H. The third-order valence-corrected chi connectivity index (χ3v) is 6.51. The highest BCUT2D eigenvalue weighted by Crippen LogP contribution is 2.22. The first-order valence-corrected chi connectivity index (χ1v) is 12.4. The summed E-state index contributed by atoms with van der Waals surface area (Å²) in [6.45, 7) is 5.28. The lowest BCUT2D eigenvalue weighted by Crippen LogP contribution is -2.42. The molecular formula is C27H38Cl2N4O3. The number of fused-ring (bicyclic) bond motifs is 1. The molecule has 4 rings (SSSR count). The van der Waals surface area contributed by atoms with E-state index in [0.29, 0.717) is 26.1 Å². The van der Waals surface area contributed by atoms with Crippen LogP contribution >= 0.6 is 24.8 Å². The Bertz CT molecular complexity index is 948. The summed E-state index contributed by atoms with van der Waals surface area (Å²) >= 11 is 0. The van der Waals surface area contributed by atoms with Crippen LogP contribution in [0.5, 0.6) is 5.75 Å². The molecule has 0 bridgehead atoms. The van der Waals surface area contributed by atoms with Crippen molar-refractivity contribution in [3.05, 3.63) is 65.7 Å². The van der Waals surface area contributed by atoms with Crippen LogP contribution in [0.2, 0.25) is 0 Å². The number of nitrogens with zero attached hydrogens (tertiary/aromatic N) is 2. The van der Waals surface area contributed by atoms with Gasteiger partial charge in [-0.1, -0.05) is 48.5 Å². The van der Waals surface area contributed by atoms with E-state index in [2.05, 4.69) is 33.7 Å². The van der Waals surface area contributed by atoms with Crippen LogP contribution in [0.15, 0.2) is 54.6 Å². The van der Waals surface area contributed by atoms with E-state index >= 15 is 0 Å². The van der Waals surface area contributed by atoms with E-state index in [0.717, 1.165) is 68.9 Å². The molecule has 2 aliphatic rings. The number of nitrogens with one attached hydrogen (secondary N) is 2. The quantitative estimate of drug-likeness (QED) is 0.627. The summed E-state index contributed by atoms with van der Waals surface area (Å²) in [5, 5.41) is 6.58. The summed E-state index contributed by atoms with van der Waals surface area (Å²) in [6.07, 6.45) is 3.02. The van der Waals surface area contributed by atoms with Crippen molar-refractivity contribution in [3.8, 4) is 5.75 Å². The van der Waals surface area contributed by atoms with E-state index in [9.17, 15) is 9.59 Å². The molecule has 1 fully saturated rings. The second kappa shape index (κ2) is 15.7. The first kappa shape index (κ1) is 29.9. The molecule has 0 spiro atoms. The molecule has 0 aliphatic carbocycles. The van der Waals surface area contributed by atoms with Crippen molar-refractivity contribution in [2.75, 3.05) is 45.9 Å². The fraction of sp³-hybridized carbons (Fsp3) is 0.481. The highest BCUT2D eigenvalue weighted by atomic mass is 35.5. The molecule has 36 heavy (non-hydrogen) atoms. The fourth-order valence-electron chi connectivity index (χ4n) is 4.62. The Balaban J connectivity index is 0.00000228. The van der Waals surface area contributed by atoms with Gasteiger partial charge in [0.2, 0.25) is 11.8 Å². The summed E-state index contributed by atoms with van der Waals surface area (Å²) in [4.78, 5) is 29.9. The lowest BCUT2D eigenvalue weighted by atomic mass is 10.0. The van der Waals surface area contributed by atoms with Gasteiger partial charge in [0.15, 0.2) is 0 Å². The van der Waals surface area contributed by atoms with E-state index in [4.69, 9.17) is 4.74 Å². The van der Waals surface area contributed by atoms with E-state index in [1.54, 1.807) is 0 Å². The Morgan fingerprint density at radius 2 is 1.67 bits per heavy atom. The molecule has 2 N–H and O–H groups in total. The molecule has 0 radical (unpaired) electrons. The fourth-order valence-corrected chi connectivity index (χ4v) is 4.62. The summed E-state index contributed by atoms with van der Waals surface area (Å²) < 4.78 is 5.86. The molecule has 0 aromatic heterocycles. The molecule has 0 saturated carbocycles. The van der Waals surface area contributed by atoms with Crippen molar-refractivity contribution in [1.82, 2.24) is 20.4 Å². The third-order valence-electron chi connectivity index (χ3n) is 6.51. The Kier molecular flexibility index (Phi) is 13.1. The largest absolute Gasteiger partial charge is 0.492 e. The lowest BCUT2D eigenvalue weighted by Gasteiger charge is -2.27. The maximum atomic E-state index is 13.3. The number of carbonyl (C=O) groups is 2. The molecule has 1 unspecified atom stereocenters. The Hall–Kier alpha value is -2.32. The Morgan fingerprint density at radius 1 is 0.917 bits per heavy atom. The number of amides is 2. The lowest BCUT2D eigenvalue weighted by molar-refractivity contribution is -0.132. The molecule has 7 nitrogen and oxygen atoms in total. The van der Waals surface area contributed by atoms with Crippen LogP contribution < -0.4 is 15.4 Å². The monoisotopic (exact) mass is 536 g/mol. The molecule has 9 heteroatoms. The van der Waals surface area contributed by atoms with Crippen LogP contribution in [0.1, 0.15) is 42.9 Å². The van der Waals surface area contributed by atoms with Crippen molar-refractivity contribution < 1.29 is 14.3 Å². The van der Waals surface area contributed by atoms with Gasteiger partial charge in [0.1, 0.15) is 12.4 Å². The highest BCUT2D eigenvalue weighted by Gasteiger charge is 2.21. The van der Waals surface area contributed by atoms with Crippen LogP contribution in [-0.2, 0) is 16.1 Å². The minimum Gasteiger partial charge on any atom is -0.492 e. The van der Waals surface area contributed by atoms with Crippen LogP contribution in [0, 0.1) is 0 Å². The number of ether oxygens (including phenoxy) is 1. The van der Waals surface area contributed by atoms with Gasteiger partial charge in [-0.3, -0.25) is 14.5 Å². The van der Waals surface area contributed by atoms with Gasteiger partial charge in [0.25, 0.3) is 0 Å². The number of para-hydroxylation sites is 1. The minimum atomic E-state index is -0.0247. The highest BCUT2D eigenvalue weighted by molar-refractivity contribution is 5.85. The molecule has 2 aromatic carbocycles. The number of hydrogen-bond donors (Lipinski definition) is 2. The molecule has 2 aromatic rings. The maximum Gasteiger partial charge on any atom is 0.236 e. The van der Waals surface area contributed by atoms with Crippen molar-refractivity contribution >= 4 is 36.6 Å². The molecule has 1 saturated heterocycles. The SMILES string of the molecule is Cl.Cl.O=C1CC(c2ccccc2)NCCCN(C(=O)CN2CCOc3ccccc3C2)CCCCN1. The summed E-state index contributed by atoms with van der Waals surface area (Å²) in [6, 6.07) is 18.1. The molecule has 2 aliphatic heterocycles. The smallest absolute Gasteiger partial charge is 0.236 e. The average Bonchev–Trinajstić information content (AvgIpc) is 3.05. The van der Waals surface area contributed by atoms with Gasteiger partial charge in [-0.25, -0.2) is 0 Å². The van der Waals surface area contributed by atoms with Crippen molar-refractivity contribution in [1.29, 1.82) is 0 Å². The molecule has 2 amide bonds. The van der Waals surface area contributed by atoms with Crippen molar-refractivity contribution in [2.45, 2.75) is 38.3 Å². The second-order valence-electron chi connectivity index (χ2n) is 9.08. The number of hydrogen-bond acceptors (Lipinski definition) is 5. The number of benzene rings is 2. The first-order chi connectivity index (χ1) is 16.7. The van der Waals surface area contributed by atoms with Crippen LogP contribution in [0.25, 0.3) is 0 Å². The molecular weight excluding hydrogens is 499 g/mol. The molecule has 198 valence electrons. The first-order valence-electron chi connectivity index (χ1n) is 12.4. The van der Waals surface area contributed by atoms with E-state index < -0.39 is 0 Å². The van der Waals surface area contributed by atoms with Gasteiger partial charge in [0.05, 0.1) is 6.54 Å². The van der Waals surface area contributed by atoms with E-state index in [1.165, 1.54) is 0 Å². The number of rotatable bonds is 3. The van der Waals surface area contributed by atoms with Gasteiger partial charge >= 0.3 is 0 Å². The van der Waals surface area contributed by atoms with Crippen molar-refractivity contribution in [3.63, 3.8) is 0 Å². The predicted molar refractivity (Wildman–Crippen MR) is 147 cm³/mol.